The SMILES string of the molecule is CSc1ccc(CCl)c(C#N)c1. The monoisotopic (exact) mass is 197 g/mol. The lowest BCUT2D eigenvalue weighted by Crippen LogP contribution is -1.85. The zero-order chi connectivity index (χ0) is 8.97. The summed E-state index contributed by atoms with van der Waals surface area (Å²) in [5, 5.41) is 8.75. The zero-order valence-electron chi connectivity index (χ0n) is 6.67. The molecule has 0 saturated carbocycles. The van der Waals surface area contributed by atoms with E-state index in [9.17, 15) is 0 Å². The van der Waals surface area contributed by atoms with Crippen molar-refractivity contribution in [1.29, 1.82) is 5.26 Å². The quantitative estimate of drug-likeness (QED) is 0.538. The first-order valence-electron chi connectivity index (χ1n) is 3.44. The molecule has 0 N–H and O–H groups in total. The summed E-state index contributed by atoms with van der Waals surface area (Å²) in [6.07, 6.45) is 1.98. The minimum absolute atomic E-state index is 0.400. The zero-order valence-corrected chi connectivity index (χ0v) is 8.25. The smallest absolute Gasteiger partial charge is 0.0995 e. The molecular weight excluding hydrogens is 190 g/mol. The number of nitriles is 1. The van der Waals surface area contributed by atoms with Crippen LogP contribution >= 0.6 is 23.4 Å². The van der Waals surface area contributed by atoms with Gasteiger partial charge in [0.25, 0.3) is 0 Å². The molecule has 1 aromatic carbocycles. The number of hydrogen-bond donors (Lipinski definition) is 0. The van der Waals surface area contributed by atoms with Crippen LogP contribution < -0.4 is 0 Å². The fourth-order valence-electron chi connectivity index (χ4n) is 0.903. The summed E-state index contributed by atoms with van der Waals surface area (Å²) in [5.41, 5.74) is 1.58. The Morgan fingerprint density at radius 3 is 2.83 bits per heavy atom. The van der Waals surface area contributed by atoms with Gasteiger partial charge in [0.2, 0.25) is 0 Å². The summed E-state index contributed by atoms with van der Waals surface area (Å²) in [6.45, 7) is 0. The van der Waals surface area contributed by atoms with Gasteiger partial charge in [-0.2, -0.15) is 5.26 Å². The highest BCUT2D eigenvalue weighted by molar-refractivity contribution is 7.98. The van der Waals surface area contributed by atoms with Crippen molar-refractivity contribution in [2.75, 3.05) is 6.26 Å². The van der Waals surface area contributed by atoms with Crippen LogP contribution in [0.1, 0.15) is 11.1 Å². The van der Waals surface area contributed by atoms with Crippen LogP contribution in [-0.2, 0) is 5.88 Å². The maximum absolute atomic E-state index is 8.75. The Hall–Kier alpha value is -0.650. The summed E-state index contributed by atoms with van der Waals surface area (Å²) in [7, 11) is 0. The van der Waals surface area contributed by atoms with E-state index in [4.69, 9.17) is 16.9 Å². The highest BCUT2D eigenvalue weighted by Gasteiger charge is 2.00. The Morgan fingerprint density at radius 1 is 1.58 bits per heavy atom. The van der Waals surface area contributed by atoms with Gasteiger partial charge < -0.3 is 0 Å². The van der Waals surface area contributed by atoms with E-state index in [1.54, 1.807) is 11.8 Å². The van der Waals surface area contributed by atoms with Gasteiger partial charge in [-0.25, -0.2) is 0 Å². The number of rotatable bonds is 2. The predicted octanol–water partition coefficient (Wildman–Crippen LogP) is 3.02. The molecule has 0 radical (unpaired) electrons. The molecule has 0 aliphatic carbocycles. The molecule has 0 bridgehead atoms. The van der Waals surface area contributed by atoms with Gasteiger partial charge in [-0.3, -0.25) is 0 Å². The molecule has 62 valence electrons. The van der Waals surface area contributed by atoms with Crippen LogP contribution in [0.25, 0.3) is 0 Å². The number of nitrogens with zero attached hydrogens (tertiary/aromatic N) is 1. The Labute approximate surface area is 81.3 Å². The third-order valence-corrected chi connectivity index (χ3v) is 2.59. The summed E-state index contributed by atoms with van der Waals surface area (Å²) in [6, 6.07) is 7.86. The number of alkyl halides is 1. The normalized spacial score (nSPS) is 9.42. The molecule has 0 amide bonds. The second-order valence-corrected chi connectivity index (χ2v) is 3.42. The van der Waals surface area contributed by atoms with Crippen molar-refractivity contribution in [3.05, 3.63) is 29.3 Å². The van der Waals surface area contributed by atoms with Gasteiger partial charge in [0.1, 0.15) is 0 Å². The van der Waals surface area contributed by atoms with Gasteiger partial charge in [-0.05, 0) is 24.0 Å². The average molecular weight is 198 g/mol. The lowest BCUT2D eigenvalue weighted by molar-refractivity contribution is 1.30. The molecule has 0 fully saturated rings. The molecule has 0 spiro atoms. The average Bonchev–Trinajstić information content (AvgIpc) is 2.16. The number of hydrogen-bond acceptors (Lipinski definition) is 2. The summed E-state index contributed by atoms with van der Waals surface area (Å²) in [4.78, 5) is 1.10. The molecule has 0 aliphatic rings. The second kappa shape index (κ2) is 4.39. The third kappa shape index (κ3) is 1.94. The van der Waals surface area contributed by atoms with Gasteiger partial charge in [-0.15, -0.1) is 23.4 Å². The van der Waals surface area contributed by atoms with Crippen molar-refractivity contribution in [3.8, 4) is 6.07 Å². The Balaban J connectivity index is 3.13. The van der Waals surface area contributed by atoms with E-state index in [1.165, 1.54) is 0 Å². The number of halogens is 1. The maximum atomic E-state index is 8.75. The number of thioether (sulfide) groups is 1. The Morgan fingerprint density at radius 2 is 2.33 bits per heavy atom. The molecule has 0 aliphatic heterocycles. The van der Waals surface area contributed by atoms with E-state index in [1.807, 2.05) is 24.5 Å². The van der Waals surface area contributed by atoms with Crippen LogP contribution in [0.5, 0.6) is 0 Å². The second-order valence-electron chi connectivity index (χ2n) is 2.27. The number of benzene rings is 1. The van der Waals surface area contributed by atoms with Gasteiger partial charge in [-0.1, -0.05) is 6.07 Å². The molecule has 0 unspecified atom stereocenters. The first-order chi connectivity index (χ1) is 5.81. The van der Waals surface area contributed by atoms with Crippen molar-refractivity contribution < 1.29 is 0 Å². The van der Waals surface area contributed by atoms with E-state index >= 15 is 0 Å². The van der Waals surface area contributed by atoms with E-state index in [-0.39, 0.29) is 0 Å². The molecule has 0 atom stereocenters. The van der Waals surface area contributed by atoms with Crippen molar-refractivity contribution in [2.45, 2.75) is 10.8 Å². The molecule has 0 heterocycles. The van der Waals surface area contributed by atoms with E-state index in [2.05, 4.69) is 6.07 Å². The van der Waals surface area contributed by atoms with Crippen molar-refractivity contribution >= 4 is 23.4 Å². The topological polar surface area (TPSA) is 23.8 Å². The highest BCUT2D eigenvalue weighted by atomic mass is 35.5. The minimum atomic E-state index is 0.400. The molecule has 12 heavy (non-hydrogen) atoms. The van der Waals surface area contributed by atoms with Gasteiger partial charge >= 0.3 is 0 Å². The van der Waals surface area contributed by atoms with Crippen molar-refractivity contribution in [2.24, 2.45) is 0 Å². The largest absolute Gasteiger partial charge is 0.192 e. The maximum Gasteiger partial charge on any atom is 0.0995 e. The summed E-state index contributed by atoms with van der Waals surface area (Å²) in [5.74, 6) is 0.400. The highest BCUT2D eigenvalue weighted by Crippen LogP contribution is 2.19. The van der Waals surface area contributed by atoms with Crippen LogP contribution in [0.4, 0.5) is 0 Å². The van der Waals surface area contributed by atoms with Crippen LogP contribution in [0, 0.1) is 11.3 Å². The molecule has 0 aromatic heterocycles. The third-order valence-electron chi connectivity index (χ3n) is 1.58. The molecule has 1 nitrogen and oxygen atoms in total. The fraction of sp³-hybridized carbons (Fsp3) is 0.222. The lowest BCUT2D eigenvalue weighted by Gasteiger charge is -2.00. The van der Waals surface area contributed by atoms with Crippen LogP contribution in [0.15, 0.2) is 23.1 Å². The Kier molecular flexibility index (Phi) is 3.46. The van der Waals surface area contributed by atoms with Crippen LogP contribution in [-0.4, -0.2) is 6.26 Å². The summed E-state index contributed by atoms with van der Waals surface area (Å²) < 4.78 is 0. The van der Waals surface area contributed by atoms with E-state index in [0.717, 1.165) is 10.5 Å². The van der Waals surface area contributed by atoms with Crippen molar-refractivity contribution in [3.63, 3.8) is 0 Å². The van der Waals surface area contributed by atoms with Crippen LogP contribution in [0.2, 0.25) is 0 Å². The lowest BCUT2D eigenvalue weighted by atomic mass is 10.1. The Bertz CT molecular complexity index is 317. The van der Waals surface area contributed by atoms with Gasteiger partial charge in [0.05, 0.1) is 11.6 Å². The minimum Gasteiger partial charge on any atom is -0.192 e. The van der Waals surface area contributed by atoms with Gasteiger partial charge in [0.15, 0.2) is 0 Å². The van der Waals surface area contributed by atoms with E-state index < -0.39 is 0 Å². The van der Waals surface area contributed by atoms with Gasteiger partial charge in [0, 0.05) is 10.8 Å². The standard InChI is InChI=1S/C9H8ClNS/c1-12-9-3-2-7(5-10)8(4-9)6-11/h2-4H,5H2,1H3. The van der Waals surface area contributed by atoms with E-state index in [0.29, 0.717) is 11.4 Å². The molecule has 1 aromatic rings. The molecule has 1 rings (SSSR count). The molecular formula is C9H8ClNS. The first-order valence-corrected chi connectivity index (χ1v) is 5.20. The molecule has 0 saturated heterocycles. The van der Waals surface area contributed by atoms with Crippen LogP contribution in [0.3, 0.4) is 0 Å². The first kappa shape index (κ1) is 9.44. The fourth-order valence-corrected chi connectivity index (χ4v) is 1.58. The molecule has 3 heteroatoms. The predicted molar refractivity (Wildman–Crippen MR) is 52.5 cm³/mol. The summed E-state index contributed by atoms with van der Waals surface area (Å²) >= 11 is 7.27. The van der Waals surface area contributed by atoms with Crippen molar-refractivity contribution in [1.82, 2.24) is 0 Å².